The van der Waals surface area contributed by atoms with E-state index in [9.17, 15) is 9.90 Å². The van der Waals surface area contributed by atoms with Gasteiger partial charge in [0.2, 0.25) is 5.72 Å². The molecule has 0 spiro atoms. The van der Waals surface area contributed by atoms with Gasteiger partial charge in [0.15, 0.2) is 0 Å². The predicted molar refractivity (Wildman–Crippen MR) is 44.7 cm³/mol. The molecule has 4 nitrogen and oxygen atoms in total. The molecule has 0 aliphatic heterocycles. The van der Waals surface area contributed by atoms with Crippen molar-refractivity contribution in [2.45, 2.75) is 19.1 Å². The zero-order valence-electron chi connectivity index (χ0n) is 6.37. The first-order valence-corrected chi connectivity index (χ1v) is 4.01. The summed E-state index contributed by atoms with van der Waals surface area (Å²) in [5.41, 5.74) is -1.81. The van der Waals surface area contributed by atoms with Gasteiger partial charge in [0.25, 0.3) is 0 Å². The first-order valence-electron chi connectivity index (χ1n) is 3.38. The molecule has 0 heterocycles. The van der Waals surface area contributed by atoms with Crippen LogP contribution in [0.1, 0.15) is 13.3 Å². The molecule has 0 radical (unpaired) electrons. The molecule has 5 heteroatoms. The van der Waals surface area contributed by atoms with Crippen molar-refractivity contribution in [3.63, 3.8) is 0 Å². The fraction of sp³-hybridized carbons (Fsp3) is 0.833. The first-order chi connectivity index (χ1) is 5.06. The highest BCUT2D eigenvalue weighted by atomic mass is 32.1. The molecule has 66 valence electrons. The molecular formula is C6H13NO3S. The number of aliphatic carboxylic acids is 1. The molecule has 0 fully saturated rings. The average molecular weight is 179 g/mol. The van der Waals surface area contributed by atoms with Gasteiger partial charge in [0, 0.05) is 6.42 Å². The largest absolute Gasteiger partial charge is 0.478 e. The van der Waals surface area contributed by atoms with Crippen molar-refractivity contribution < 1.29 is 15.0 Å². The van der Waals surface area contributed by atoms with Crippen LogP contribution in [-0.4, -0.2) is 34.2 Å². The minimum Gasteiger partial charge on any atom is -0.478 e. The van der Waals surface area contributed by atoms with Crippen molar-refractivity contribution in [1.29, 1.82) is 0 Å². The molecule has 0 aromatic rings. The van der Waals surface area contributed by atoms with Gasteiger partial charge in [0.05, 0.1) is 0 Å². The molecule has 11 heavy (non-hydrogen) atoms. The molecule has 0 aliphatic carbocycles. The van der Waals surface area contributed by atoms with E-state index in [1.165, 1.54) is 0 Å². The third-order valence-electron chi connectivity index (χ3n) is 1.30. The molecule has 0 unspecified atom stereocenters. The normalized spacial score (nSPS) is 15.9. The second-order valence-corrected chi connectivity index (χ2v) is 2.62. The highest BCUT2D eigenvalue weighted by molar-refractivity contribution is 7.80. The summed E-state index contributed by atoms with van der Waals surface area (Å²) in [7, 11) is 0. The predicted octanol–water partition coefficient (Wildman–Crippen LogP) is -0.311. The molecule has 0 rings (SSSR count). The van der Waals surface area contributed by atoms with Gasteiger partial charge >= 0.3 is 5.97 Å². The van der Waals surface area contributed by atoms with Crippen LogP contribution in [0.4, 0.5) is 0 Å². The highest BCUT2D eigenvalue weighted by Crippen LogP contribution is 2.06. The van der Waals surface area contributed by atoms with Crippen LogP contribution in [0.15, 0.2) is 0 Å². The first kappa shape index (κ1) is 10.7. The Balaban J connectivity index is 4.13. The zero-order chi connectivity index (χ0) is 8.91. The number of aliphatic hydroxyl groups is 1. The van der Waals surface area contributed by atoms with Crippen molar-refractivity contribution in [3.05, 3.63) is 0 Å². The molecular weight excluding hydrogens is 166 g/mol. The Morgan fingerprint density at radius 3 is 2.55 bits per heavy atom. The average Bonchev–Trinajstić information content (AvgIpc) is 1.88. The lowest BCUT2D eigenvalue weighted by Gasteiger charge is -2.22. The van der Waals surface area contributed by atoms with E-state index >= 15 is 0 Å². The minimum atomic E-state index is -1.81. The second kappa shape index (κ2) is 4.58. The van der Waals surface area contributed by atoms with E-state index in [1.54, 1.807) is 6.92 Å². The van der Waals surface area contributed by atoms with E-state index < -0.39 is 11.7 Å². The smallest absolute Gasteiger partial charge is 0.351 e. The standard InChI is InChI=1S/C6H13NO3S/c1-2-7-6(10,3-4-11)5(8)9/h7,10-11H,2-4H2,1H3,(H,8,9)/t6-/m1/s1. The van der Waals surface area contributed by atoms with Gasteiger partial charge in [-0.1, -0.05) is 6.92 Å². The fourth-order valence-corrected chi connectivity index (χ4v) is 1.05. The number of likely N-dealkylation sites (N-methyl/N-ethyl adjacent to an activating group) is 1. The van der Waals surface area contributed by atoms with E-state index in [0.717, 1.165) is 0 Å². The SMILES string of the molecule is CCN[C@@](O)(CCS)C(=O)O. The summed E-state index contributed by atoms with van der Waals surface area (Å²) in [6.45, 7) is 2.14. The number of carboxylic acid groups (broad SMARTS) is 1. The summed E-state index contributed by atoms with van der Waals surface area (Å²) >= 11 is 3.84. The lowest BCUT2D eigenvalue weighted by molar-refractivity contribution is -0.162. The van der Waals surface area contributed by atoms with Gasteiger partial charge in [-0.05, 0) is 12.3 Å². The molecule has 0 saturated heterocycles. The molecule has 1 atom stereocenters. The van der Waals surface area contributed by atoms with E-state index in [1.807, 2.05) is 0 Å². The van der Waals surface area contributed by atoms with E-state index in [0.29, 0.717) is 12.3 Å². The van der Waals surface area contributed by atoms with Gasteiger partial charge in [-0.3, -0.25) is 5.32 Å². The summed E-state index contributed by atoms with van der Waals surface area (Å²) in [4.78, 5) is 10.5. The second-order valence-electron chi connectivity index (χ2n) is 2.17. The summed E-state index contributed by atoms with van der Waals surface area (Å²) < 4.78 is 0. The molecule has 0 aromatic carbocycles. The maximum Gasteiger partial charge on any atom is 0.351 e. The number of carboxylic acids is 1. The van der Waals surface area contributed by atoms with Gasteiger partial charge < -0.3 is 10.2 Å². The van der Waals surface area contributed by atoms with Crippen LogP contribution >= 0.6 is 12.6 Å². The molecule has 0 saturated carbocycles. The van der Waals surface area contributed by atoms with Gasteiger partial charge in [-0.15, -0.1) is 0 Å². The molecule has 0 aliphatic rings. The Labute approximate surface area is 71.0 Å². The van der Waals surface area contributed by atoms with E-state index in [4.69, 9.17) is 5.11 Å². The molecule has 0 amide bonds. The minimum absolute atomic E-state index is 0.0965. The molecule has 0 bridgehead atoms. The number of nitrogens with one attached hydrogen (secondary N) is 1. The lowest BCUT2D eigenvalue weighted by Crippen LogP contribution is -2.52. The Bertz CT molecular complexity index is 134. The lowest BCUT2D eigenvalue weighted by atomic mass is 10.1. The monoisotopic (exact) mass is 179 g/mol. The summed E-state index contributed by atoms with van der Waals surface area (Å²) in [5.74, 6) is -0.927. The van der Waals surface area contributed by atoms with Gasteiger partial charge in [-0.25, -0.2) is 4.79 Å². The van der Waals surface area contributed by atoms with Crippen molar-refractivity contribution in [2.75, 3.05) is 12.3 Å². The van der Waals surface area contributed by atoms with Crippen molar-refractivity contribution in [1.82, 2.24) is 5.32 Å². The summed E-state index contributed by atoms with van der Waals surface area (Å²) in [5, 5.41) is 20.3. The van der Waals surface area contributed by atoms with E-state index in [-0.39, 0.29) is 6.42 Å². The Morgan fingerprint density at radius 1 is 1.73 bits per heavy atom. The Morgan fingerprint density at radius 2 is 2.27 bits per heavy atom. The maximum atomic E-state index is 10.5. The molecule has 0 aromatic heterocycles. The van der Waals surface area contributed by atoms with Crippen molar-refractivity contribution in [2.24, 2.45) is 0 Å². The number of hydrogen-bond donors (Lipinski definition) is 4. The molecule has 3 N–H and O–H groups in total. The third-order valence-corrected chi connectivity index (χ3v) is 1.52. The zero-order valence-corrected chi connectivity index (χ0v) is 7.27. The van der Waals surface area contributed by atoms with Crippen LogP contribution < -0.4 is 5.32 Å². The van der Waals surface area contributed by atoms with Crippen LogP contribution in [0.25, 0.3) is 0 Å². The number of thiol groups is 1. The maximum absolute atomic E-state index is 10.5. The van der Waals surface area contributed by atoms with Crippen LogP contribution in [0.3, 0.4) is 0 Å². The number of hydrogen-bond acceptors (Lipinski definition) is 4. The van der Waals surface area contributed by atoms with Crippen LogP contribution in [0.2, 0.25) is 0 Å². The van der Waals surface area contributed by atoms with Gasteiger partial charge in [0.1, 0.15) is 0 Å². The quantitative estimate of drug-likeness (QED) is 0.345. The van der Waals surface area contributed by atoms with Crippen molar-refractivity contribution >= 4 is 18.6 Å². The van der Waals surface area contributed by atoms with Gasteiger partial charge in [-0.2, -0.15) is 12.6 Å². The number of carbonyl (C=O) groups is 1. The number of rotatable bonds is 5. The van der Waals surface area contributed by atoms with Crippen LogP contribution in [0, 0.1) is 0 Å². The fourth-order valence-electron chi connectivity index (χ4n) is 0.725. The summed E-state index contributed by atoms with van der Waals surface area (Å²) in [6.07, 6.45) is 0.0965. The third kappa shape index (κ3) is 3.09. The van der Waals surface area contributed by atoms with Crippen molar-refractivity contribution in [3.8, 4) is 0 Å². The highest BCUT2D eigenvalue weighted by Gasteiger charge is 2.33. The Hall–Kier alpha value is -0.260. The summed E-state index contributed by atoms with van der Waals surface area (Å²) in [6, 6.07) is 0. The van der Waals surface area contributed by atoms with E-state index in [2.05, 4.69) is 17.9 Å². The van der Waals surface area contributed by atoms with Crippen LogP contribution in [-0.2, 0) is 4.79 Å². The Kier molecular flexibility index (Phi) is 4.48. The van der Waals surface area contributed by atoms with Crippen LogP contribution in [0.5, 0.6) is 0 Å². The topological polar surface area (TPSA) is 69.6 Å².